The molecule has 3 rings (SSSR count). The number of nitrogens with one attached hydrogen (secondary N) is 2. The van der Waals surface area contributed by atoms with Crippen molar-refractivity contribution in [3.8, 4) is 12.1 Å². The van der Waals surface area contributed by atoms with Gasteiger partial charge < -0.3 is 4.42 Å². The van der Waals surface area contributed by atoms with Gasteiger partial charge >= 0.3 is 5.91 Å². The third-order valence-corrected chi connectivity index (χ3v) is 3.89. The van der Waals surface area contributed by atoms with Gasteiger partial charge in [-0.1, -0.05) is 24.3 Å². The molecule has 8 nitrogen and oxygen atoms in total. The molecule has 1 aliphatic carbocycles. The minimum atomic E-state index is -2.25. The van der Waals surface area contributed by atoms with Crippen LogP contribution in [0, 0.1) is 28.6 Å². The Morgan fingerprint density at radius 2 is 1.64 bits per heavy atom. The normalized spacial score (nSPS) is 13.8. The Bertz CT molecular complexity index is 901. The summed E-state index contributed by atoms with van der Waals surface area (Å²) in [6, 6.07) is 12.2. The van der Waals surface area contributed by atoms with Crippen LogP contribution in [0.2, 0.25) is 0 Å². The van der Waals surface area contributed by atoms with Crippen molar-refractivity contribution in [3.63, 3.8) is 0 Å². The Morgan fingerprint density at radius 3 is 2.12 bits per heavy atom. The van der Waals surface area contributed by atoms with E-state index in [1.807, 2.05) is 0 Å². The number of carbonyl (C=O) groups excluding carboxylic acids is 3. The second kappa shape index (κ2) is 6.04. The van der Waals surface area contributed by atoms with E-state index in [2.05, 4.69) is 10.9 Å². The van der Waals surface area contributed by atoms with Crippen LogP contribution in [-0.2, 0) is 0 Å². The Kier molecular flexibility index (Phi) is 3.89. The van der Waals surface area contributed by atoms with Crippen molar-refractivity contribution < 1.29 is 18.8 Å². The van der Waals surface area contributed by atoms with E-state index in [0.29, 0.717) is 0 Å². The van der Waals surface area contributed by atoms with Gasteiger partial charge in [-0.3, -0.25) is 19.8 Å². The number of benzene rings is 1. The molecule has 1 aromatic heterocycles. The number of nitriles is 2. The third kappa shape index (κ3) is 2.47. The first-order chi connectivity index (χ1) is 12.0. The summed E-state index contributed by atoms with van der Waals surface area (Å²) in [5.41, 5.74) is 2.41. The van der Waals surface area contributed by atoms with Gasteiger partial charge in [0.2, 0.25) is 5.54 Å². The van der Waals surface area contributed by atoms with Gasteiger partial charge in [0.1, 0.15) is 18.1 Å². The van der Waals surface area contributed by atoms with Crippen LogP contribution in [0.1, 0.15) is 31.3 Å². The van der Waals surface area contributed by atoms with Crippen LogP contribution < -0.4 is 10.9 Å². The van der Waals surface area contributed by atoms with Gasteiger partial charge in [-0.2, -0.15) is 10.5 Å². The summed E-state index contributed by atoms with van der Waals surface area (Å²) >= 11 is 0. The fraction of sp³-hybridized carbons (Fsp3) is 0.118. The zero-order valence-corrected chi connectivity index (χ0v) is 12.6. The third-order valence-electron chi connectivity index (χ3n) is 3.89. The predicted molar refractivity (Wildman–Crippen MR) is 81.9 cm³/mol. The van der Waals surface area contributed by atoms with E-state index in [-0.39, 0.29) is 16.9 Å². The lowest BCUT2D eigenvalue weighted by atomic mass is 9.83. The van der Waals surface area contributed by atoms with Gasteiger partial charge in [-0.05, 0) is 12.1 Å². The maximum Gasteiger partial charge on any atom is 0.301 e. The smallest absolute Gasteiger partial charge is 0.301 e. The zero-order chi connectivity index (χ0) is 18.0. The Morgan fingerprint density at radius 1 is 1.04 bits per heavy atom. The number of amides is 1. The number of hydrogen-bond acceptors (Lipinski definition) is 7. The fourth-order valence-electron chi connectivity index (χ4n) is 2.64. The molecule has 2 N–H and O–H groups in total. The van der Waals surface area contributed by atoms with Crippen molar-refractivity contribution >= 4 is 17.5 Å². The molecule has 0 spiro atoms. The molecule has 0 bridgehead atoms. The monoisotopic (exact) mass is 334 g/mol. The highest BCUT2D eigenvalue weighted by atomic mass is 16.3. The first-order valence-corrected chi connectivity index (χ1v) is 7.15. The van der Waals surface area contributed by atoms with Crippen LogP contribution >= 0.6 is 0 Å². The molecule has 0 saturated heterocycles. The number of nitrogens with zero attached hydrogens (tertiary/aromatic N) is 2. The summed E-state index contributed by atoms with van der Waals surface area (Å²) in [5.74, 6) is -3.70. The SMILES string of the molecule is N#CC(C#N)(NNC(=O)c1ccco1)C1C(=O)c2ccccc2C1=O. The Hall–Kier alpha value is -3.75. The van der Waals surface area contributed by atoms with Crippen molar-refractivity contribution in [1.82, 2.24) is 10.9 Å². The molecule has 0 radical (unpaired) electrons. The van der Waals surface area contributed by atoms with E-state index in [1.54, 1.807) is 24.3 Å². The zero-order valence-electron chi connectivity index (χ0n) is 12.6. The Balaban J connectivity index is 1.90. The molecule has 1 aliphatic rings. The Labute approximate surface area is 141 Å². The molecule has 0 unspecified atom stereocenters. The van der Waals surface area contributed by atoms with E-state index < -0.39 is 28.9 Å². The quantitative estimate of drug-likeness (QED) is 0.628. The second-order valence-corrected chi connectivity index (χ2v) is 5.30. The number of hydrazine groups is 1. The highest BCUT2D eigenvalue weighted by Crippen LogP contribution is 2.33. The molecule has 1 aromatic carbocycles. The molecule has 0 fully saturated rings. The lowest BCUT2D eigenvalue weighted by molar-refractivity contribution is 0.0757. The number of hydrogen-bond donors (Lipinski definition) is 2. The van der Waals surface area contributed by atoms with E-state index >= 15 is 0 Å². The van der Waals surface area contributed by atoms with Crippen LogP contribution in [0.15, 0.2) is 47.1 Å². The van der Waals surface area contributed by atoms with Crippen molar-refractivity contribution in [1.29, 1.82) is 10.5 Å². The summed E-state index contributed by atoms with van der Waals surface area (Å²) in [6.07, 6.45) is 1.28. The predicted octanol–water partition coefficient (Wildman–Crippen LogP) is 0.995. The summed E-state index contributed by atoms with van der Waals surface area (Å²) < 4.78 is 4.89. The first-order valence-electron chi connectivity index (χ1n) is 7.15. The van der Waals surface area contributed by atoms with Crippen LogP contribution in [0.5, 0.6) is 0 Å². The first kappa shape index (κ1) is 16.1. The van der Waals surface area contributed by atoms with Crippen molar-refractivity contribution in [3.05, 3.63) is 59.5 Å². The molecule has 0 aliphatic heterocycles. The number of ketones is 2. The molecular weight excluding hydrogens is 324 g/mol. The van der Waals surface area contributed by atoms with Crippen molar-refractivity contribution in [2.24, 2.45) is 5.92 Å². The molecule has 0 atom stereocenters. The van der Waals surface area contributed by atoms with Gasteiger partial charge in [-0.15, -0.1) is 0 Å². The van der Waals surface area contributed by atoms with Crippen LogP contribution in [0.25, 0.3) is 0 Å². The lowest BCUT2D eigenvalue weighted by Gasteiger charge is -2.24. The molecular formula is C17H10N4O4. The summed E-state index contributed by atoms with van der Waals surface area (Å²) in [4.78, 5) is 37.0. The summed E-state index contributed by atoms with van der Waals surface area (Å²) in [6.45, 7) is 0. The number of furan rings is 1. The summed E-state index contributed by atoms with van der Waals surface area (Å²) in [5, 5.41) is 19.0. The van der Waals surface area contributed by atoms with Gasteiger partial charge in [0.25, 0.3) is 0 Å². The topological polar surface area (TPSA) is 136 Å². The van der Waals surface area contributed by atoms with Crippen LogP contribution in [0.3, 0.4) is 0 Å². The van der Waals surface area contributed by atoms with Crippen LogP contribution in [0.4, 0.5) is 0 Å². The molecule has 25 heavy (non-hydrogen) atoms. The van der Waals surface area contributed by atoms with Gasteiger partial charge in [0, 0.05) is 11.1 Å². The van der Waals surface area contributed by atoms with Crippen molar-refractivity contribution in [2.45, 2.75) is 5.54 Å². The maximum absolute atomic E-state index is 12.6. The van der Waals surface area contributed by atoms with Gasteiger partial charge in [0.15, 0.2) is 17.3 Å². The van der Waals surface area contributed by atoms with E-state index in [1.165, 1.54) is 30.5 Å². The number of carbonyl (C=O) groups is 3. The standard InChI is InChI=1S/C17H10N4O4/c18-8-17(9-19,21-20-16(24)12-6-3-7-25-12)13-14(22)10-4-1-2-5-11(10)15(13)23/h1-7,13,21H,(H,20,24). The molecule has 1 amide bonds. The minimum absolute atomic E-state index is 0.0651. The van der Waals surface area contributed by atoms with E-state index in [4.69, 9.17) is 4.42 Å². The largest absolute Gasteiger partial charge is 0.459 e. The maximum atomic E-state index is 12.6. The number of Topliss-reactive ketones (excluding diaryl/α,β-unsaturated/α-hetero) is 2. The highest BCUT2D eigenvalue weighted by Gasteiger charge is 2.54. The number of rotatable bonds is 4. The van der Waals surface area contributed by atoms with Gasteiger partial charge in [0.05, 0.1) is 6.26 Å². The fourth-order valence-corrected chi connectivity index (χ4v) is 2.64. The molecule has 0 saturated carbocycles. The van der Waals surface area contributed by atoms with Crippen LogP contribution in [-0.4, -0.2) is 23.0 Å². The van der Waals surface area contributed by atoms with E-state index in [9.17, 15) is 24.9 Å². The molecule has 2 aromatic rings. The summed E-state index contributed by atoms with van der Waals surface area (Å²) in [7, 11) is 0. The average Bonchev–Trinajstić information content (AvgIpc) is 3.26. The van der Waals surface area contributed by atoms with E-state index in [0.717, 1.165) is 0 Å². The minimum Gasteiger partial charge on any atom is -0.459 e. The number of fused-ring (bicyclic) bond motifs is 1. The van der Waals surface area contributed by atoms with Gasteiger partial charge in [-0.25, -0.2) is 5.43 Å². The average molecular weight is 334 g/mol. The van der Waals surface area contributed by atoms with Crippen molar-refractivity contribution in [2.75, 3.05) is 0 Å². The lowest BCUT2D eigenvalue weighted by Crippen LogP contribution is -2.59. The highest BCUT2D eigenvalue weighted by molar-refractivity contribution is 6.27. The molecule has 122 valence electrons. The second-order valence-electron chi connectivity index (χ2n) is 5.30. The molecule has 8 heteroatoms. The molecule has 1 heterocycles.